The van der Waals surface area contributed by atoms with E-state index >= 15 is 0 Å². The first-order valence-corrected chi connectivity index (χ1v) is 6.44. The van der Waals surface area contributed by atoms with Gasteiger partial charge in [0.2, 0.25) is 0 Å². The van der Waals surface area contributed by atoms with Gasteiger partial charge in [-0.2, -0.15) is 0 Å². The molecule has 0 saturated heterocycles. The molecule has 21 heavy (non-hydrogen) atoms. The van der Waals surface area contributed by atoms with E-state index in [1.807, 2.05) is 0 Å². The third-order valence-corrected chi connectivity index (χ3v) is 3.24. The number of rotatable bonds is 3. The number of carbonyl (C=O) groups is 1. The van der Waals surface area contributed by atoms with Gasteiger partial charge in [0.1, 0.15) is 5.69 Å². The van der Waals surface area contributed by atoms with Crippen molar-refractivity contribution in [3.8, 4) is 0 Å². The molecule has 0 heterocycles. The van der Waals surface area contributed by atoms with Crippen molar-refractivity contribution in [2.75, 3.05) is 11.1 Å². The van der Waals surface area contributed by atoms with Gasteiger partial charge in [0, 0.05) is 16.7 Å². The fourth-order valence-electron chi connectivity index (χ4n) is 1.65. The van der Waals surface area contributed by atoms with Crippen LogP contribution in [0.3, 0.4) is 0 Å². The highest BCUT2D eigenvalue weighted by Crippen LogP contribution is 2.28. The van der Waals surface area contributed by atoms with Crippen LogP contribution in [0.4, 0.5) is 17.1 Å². The smallest absolute Gasteiger partial charge is 0.292 e. The van der Waals surface area contributed by atoms with Crippen molar-refractivity contribution in [1.29, 1.82) is 0 Å². The van der Waals surface area contributed by atoms with Crippen molar-refractivity contribution in [2.24, 2.45) is 0 Å². The molecule has 0 aliphatic carbocycles. The molecule has 108 valence electrons. The number of benzene rings is 2. The highest BCUT2D eigenvalue weighted by molar-refractivity contribution is 6.33. The number of hydrogen-bond donors (Lipinski definition) is 2. The lowest BCUT2D eigenvalue weighted by Crippen LogP contribution is -2.13. The number of carbonyl (C=O) groups excluding carboxylic acids is 1. The van der Waals surface area contributed by atoms with Crippen LogP contribution in [0.25, 0.3) is 0 Å². The molecule has 0 aliphatic heterocycles. The minimum absolute atomic E-state index is 0.00558. The van der Waals surface area contributed by atoms with Gasteiger partial charge < -0.3 is 11.1 Å². The van der Waals surface area contributed by atoms with Crippen molar-refractivity contribution in [1.82, 2.24) is 0 Å². The third kappa shape index (κ3) is 3.42. The molecule has 8 heteroatoms. The summed E-state index contributed by atoms with van der Waals surface area (Å²) in [6, 6.07) is 8.21. The maximum Gasteiger partial charge on any atom is 0.292 e. The Morgan fingerprint density at radius 1 is 1.19 bits per heavy atom. The quantitative estimate of drug-likeness (QED) is 0.510. The zero-order valence-electron chi connectivity index (χ0n) is 10.5. The van der Waals surface area contributed by atoms with Crippen LogP contribution in [0.1, 0.15) is 10.4 Å². The average Bonchev–Trinajstić information content (AvgIpc) is 2.41. The topological polar surface area (TPSA) is 98.3 Å². The predicted molar refractivity (Wildman–Crippen MR) is 81.9 cm³/mol. The average molecular weight is 326 g/mol. The highest BCUT2D eigenvalue weighted by atomic mass is 35.5. The van der Waals surface area contributed by atoms with Crippen molar-refractivity contribution in [3.63, 3.8) is 0 Å². The van der Waals surface area contributed by atoms with Crippen LogP contribution in [0.2, 0.25) is 10.0 Å². The molecule has 2 aromatic carbocycles. The zero-order valence-corrected chi connectivity index (χ0v) is 12.0. The fourth-order valence-corrected chi connectivity index (χ4v) is 1.94. The number of nitrogens with one attached hydrogen (secondary N) is 1. The van der Waals surface area contributed by atoms with Gasteiger partial charge in [0.15, 0.2) is 0 Å². The normalized spacial score (nSPS) is 10.2. The molecule has 0 atom stereocenters. The van der Waals surface area contributed by atoms with Crippen LogP contribution in [0.15, 0.2) is 36.4 Å². The first-order valence-electron chi connectivity index (χ1n) is 5.69. The summed E-state index contributed by atoms with van der Waals surface area (Å²) in [6.07, 6.45) is 0. The Kier molecular flexibility index (Phi) is 4.30. The standard InChI is InChI=1S/C13H9Cl2N3O3/c14-8-2-4-12(18(20)21)11(6-8)17-13(19)7-1-3-9(15)10(16)5-7/h1-6H,16H2,(H,17,19). The van der Waals surface area contributed by atoms with E-state index in [2.05, 4.69) is 5.32 Å². The summed E-state index contributed by atoms with van der Waals surface area (Å²) in [6.45, 7) is 0. The zero-order chi connectivity index (χ0) is 15.6. The van der Waals surface area contributed by atoms with Crippen LogP contribution in [-0.2, 0) is 0 Å². The number of nitrogen functional groups attached to an aromatic ring is 1. The first-order chi connectivity index (χ1) is 9.88. The molecular formula is C13H9Cl2N3O3. The van der Waals surface area contributed by atoms with Gasteiger partial charge in [-0.05, 0) is 30.3 Å². The SMILES string of the molecule is Nc1cc(C(=O)Nc2cc(Cl)ccc2[N+](=O)[O-])ccc1Cl. The number of nitrogens with two attached hydrogens (primary N) is 1. The molecule has 2 aromatic rings. The van der Waals surface area contributed by atoms with Gasteiger partial charge in [-0.3, -0.25) is 14.9 Å². The summed E-state index contributed by atoms with van der Waals surface area (Å²) in [4.78, 5) is 22.4. The van der Waals surface area contributed by atoms with Crippen molar-refractivity contribution in [2.45, 2.75) is 0 Å². The van der Waals surface area contributed by atoms with Crippen molar-refractivity contribution < 1.29 is 9.72 Å². The molecular weight excluding hydrogens is 317 g/mol. The van der Waals surface area contributed by atoms with Gasteiger partial charge in [-0.1, -0.05) is 23.2 Å². The number of hydrogen-bond acceptors (Lipinski definition) is 4. The second-order valence-corrected chi connectivity index (χ2v) is 4.95. The van der Waals surface area contributed by atoms with E-state index in [0.29, 0.717) is 5.02 Å². The molecule has 1 amide bonds. The Labute approximate surface area is 129 Å². The molecule has 6 nitrogen and oxygen atoms in total. The van der Waals surface area contributed by atoms with E-state index in [4.69, 9.17) is 28.9 Å². The minimum atomic E-state index is -0.609. The number of nitro benzene ring substituents is 1. The number of nitro groups is 1. The number of nitrogens with zero attached hydrogens (tertiary/aromatic N) is 1. The second-order valence-electron chi connectivity index (χ2n) is 4.11. The van der Waals surface area contributed by atoms with E-state index < -0.39 is 10.8 Å². The Morgan fingerprint density at radius 3 is 2.52 bits per heavy atom. The van der Waals surface area contributed by atoms with Crippen LogP contribution in [-0.4, -0.2) is 10.8 Å². The summed E-state index contributed by atoms with van der Waals surface area (Å²) >= 11 is 11.6. The number of anilines is 2. The second kappa shape index (κ2) is 5.99. The molecule has 0 fully saturated rings. The van der Waals surface area contributed by atoms with Crippen LogP contribution >= 0.6 is 23.2 Å². The molecule has 0 unspecified atom stereocenters. The maximum absolute atomic E-state index is 12.1. The monoisotopic (exact) mass is 325 g/mol. The predicted octanol–water partition coefficient (Wildman–Crippen LogP) is 3.74. The van der Waals surface area contributed by atoms with Gasteiger partial charge in [0.25, 0.3) is 11.6 Å². The molecule has 0 radical (unpaired) electrons. The van der Waals surface area contributed by atoms with Crippen LogP contribution in [0.5, 0.6) is 0 Å². The fraction of sp³-hybridized carbons (Fsp3) is 0. The minimum Gasteiger partial charge on any atom is -0.398 e. The molecule has 0 bridgehead atoms. The highest BCUT2D eigenvalue weighted by Gasteiger charge is 2.17. The first kappa shape index (κ1) is 15.1. The Hall–Kier alpha value is -2.31. The van der Waals surface area contributed by atoms with E-state index in [1.54, 1.807) is 0 Å². The maximum atomic E-state index is 12.1. The van der Waals surface area contributed by atoms with Gasteiger partial charge >= 0.3 is 0 Å². The van der Waals surface area contributed by atoms with Gasteiger partial charge in [0.05, 0.1) is 15.6 Å². The van der Waals surface area contributed by atoms with E-state index in [1.165, 1.54) is 36.4 Å². The lowest BCUT2D eigenvalue weighted by atomic mass is 10.2. The molecule has 3 N–H and O–H groups in total. The van der Waals surface area contributed by atoms with E-state index in [9.17, 15) is 14.9 Å². The summed E-state index contributed by atoms with van der Waals surface area (Å²) in [5, 5.41) is 13.9. The third-order valence-electron chi connectivity index (χ3n) is 2.66. The molecule has 0 aromatic heterocycles. The Balaban J connectivity index is 2.33. The molecule has 2 rings (SSSR count). The molecule has 0 aliphatic rings. The van der Waals surface area contributed by atoms with Gasteiger partial charge in [-0.15, -0.1) is 0 Å². The van der Waals surface area contributed by atoms with Gasteiger partial charge in [-0.25, -0.2) is 0 Å². The lowest BCUT2D eigenvalue weighted by molar-refractivity contribution is -0.383. The summed E-state index contributed by atoms with van der Waals surface area (Å²) in [5.41, 5.74) is 5.83. The van der Waals surface area contributed by atoms with Crippen molar-refractivity contribution in [3.05, 3.63) is 62.1 Å². The summed E-state index contributed by atoms with van der Waals surface area (Å²) in [7, 11) is 0. The summed E-state index contributed by atoms with van der Waals surface area (Å²) in [5.74, 6) is -0.552. The van der Waals surface area contributed by atoms with Crippen LogP contribution < -0.4 is 11.1 Å². The lowest BCUT2D eigenvalue weighted by Gasteiger charge is -2.07. The number of halogens is 2. The largest absolute Gasteiger partial charge is 0.398 e. The van der Waals surface area contributed by atoms with Crippen LogP contribution in [0, 0.1) is 10.1 Å². The Morgan fingerprint density at radius 2 is 1.90 bits per heavy atom. The van der Waals surface area contributed by atoms with E-state index in [0.717, 1.165) is 0 Å². The number of amides is 1. The van der Waals surface area contributed by atoms with E-state index in [-0.39, 0.29) is 27.6 Å². The molecule has 0 spiro atoms. The van der Waals surface area contributed by atoms with Crippen molar-refractivity contribution >= 4 is 46.2 Å². The molecule has 0 saturated carbocycles. The summed E-state index contributed by atoms with van der Waals surface area (Å²) < 4.78 is 0. The Bertz CT molecular complexity index is 735.